The van der Waals surface area contributed by atoms with Gasteiger partial charge in [0.05, 0.1) is 5.69 Å². The number of rotatable bonds is 10. The van der Waals surface area contributed by atoms with Crippen molar-refractivity contribution in [1.29, 1.82) is 0 Å². The zero-order valence-electron chi connectivity index (χ0n) is 12.4. The minimum absolute atomic E-state index is 0.637. The van der Waals surface area contributed by atoms with Gasteiger partial charge < -0.3 is 0 Å². The maximum atomic E-state index is 4.23. The van der Waals surface area contributed by atoms with Gasteiger partial charge in [-0.3, -0.25) is 4.68 Å². The smallest absolute Gasteiger partial charge is 0.0827 e. The number of hydrogen-bond donors (Lipinski definition) is 0. The molecule has 0 aliphatic heterocycles. The first-order valence-electron chi connectivity index (χ1n) is 7.61. The van der Waals surface area contributed by atoms with Crippen LogP contribution < -0.4 is 0 Å². The zero-order valence-corrected chi connectivity index (χ0v) is 12.4. The molecule has 0 aliphatic rings. The maximum absolute atomic E-state index is 4.23. The molecule has 18 heavy (non-hydrogen) atoms. The second kappa shape index (κ2) is 9.12. The molecule has 1 aromatic rings. The van der Waals surface area contributed by atoms with Gasteiger partial charge in [0, 0.05) is 12.7 Å². The third-order valence-electron chi connectivity index (χ3n) is 3.17. The van der Waals surface area contributed by atoms with Crippen LogP contribution in [0.2, 0.25) is 0 Å². The fourth-order valence-electron chi connectivity index (χ4n) is 2.18. The molecule has 0 aliphatic carbocycles. The fourth-order valence-corrected chi connectivity index (χ4v) is 2.18. The fraction of sp³-hybridized carbons (Fsp3) is 0.867. The first kappa shape index (κ1) is 15.2. The SMILES string of the molecule is CCCCCCCCCc1cn(CC(C)C)nn1. The summed E-state index contributed by atoms with van der Waals surface area (Å²) < 4.78 is 1.97. The number of aromatic nitrogens is 3. The van der Waals surface area contributed by atoms with Crippen LogP contribution in [0.4, 0.5) is 0 Å². The van der Waals surface area contributed by atoms with E-state index < -0.39 is 0 Å². The molecule has 0 N–H and O–H groups in total. The quantitative estimate of drug-likeness (QED) is 0.583. The van der Waals surface area contributed by atoms with Crippen LogP contribution in [-0.2, 0) is 13.0 Å². The molecule has 0 fully saturated rings. The first-order valence-corrected chi connectivity index (χ1v) is 7.61. The van der Waals surface area contributed by atoms with Gasteiger partial charge in [-0.2, -0.15) is 0 Å². The van der Waals surface area contributed by atoms with Crippen LogP contribution >= 0.6 is 0 Å². The Kier molecular flexibility index (Phi) is 7.70. The van der Waals surface area contributed by atoms with Gasteiger partial charge in [-0.05, 0) is 18.8 Å². The summed E-state index contributed by atoms with van der Waals surface area (Å²) >= 11 is 0. The van der Waals surface area contributed by atoms with E-state index in [9.17, 15) is 0 Å². The predicted molar refractivity (Wildman–Crippen MR) is 76.6 cm³/mol. The number of nitrogens with zero attached hydrogens (tertiary/aromatic N) is 3. The van der Waals surface area contributed by atoms with Crippen molar-refractivity contribution in [3.8, 4) is 0 Å². The van der Waals surface area contributed by atoms with Gasteiger partial charge >= 0.3 is 0 Å². The second-order valence-corrected chi connectivity index (χ2v) is 5.70. The van der Waals surface area contributed by atoms with Gasteiger partial charge in [0.2, 0.25) is 0 Å². The van der Waals surface area contributed by atoms with E-state index in [1.807, 2.05) is 4.68 Å². The van der Waals surface area contributed by atoms with Crippen LogP contribution in [0.15, 0.2) is 6.20 Å². The molecule has 0 atom stereocenters. The minimum Gasteiger partial charge on any atom is -0.252 e. The number of unbranched alkanes of at least 4 members (excludes halogenated alkanes) is 6. The highest BCUT2D eigenvalue weighted by atomic mass is 15.4. The average molecular weight is 251 g/mol. The van der Waals surface area contributed by atoms with E-state index in [1.54, 1.807) is 0 Å². The van der Waals surface area contributed by atoms with Crippen molar-refractivity contribution < 1.29 is 0 Å². The largest absolute Gasteiger partial charge is 0.252 e. The van der Waals surface area contributed by atoms with E-state index in [0.717, 1.165) is 18.7 Å². The molecular weight excluding hydrogens is 222 g/mol. The van der Waals surface area contributed by atoms with E-state index >= 15 is 0 Å². The summed E-state index contributed by atoms with van der Waals surface area (Å²) in [7, 11) is 0. The van der Waals surface area contributed by atoms with Gasteiger partial charge in [0.15, 0.2) is 0 Å². The van der Waals surface area contributed by atoms with Crippen LogP contribution in [0, 0.1) is 5.92 Å². The van der Waals surface area contributed by atoms with Crippen molar-refractivity contribution in [2.45, 2.75) is 78.7 Å². The maximum Gasteiger partial charge on any atom is 0.0827 e. The molecule has 0 amide bonds. The van der Waals surface area contributed by atoms with E-state index in [-0.39, 0.29) is 0 Å². The van der Waals surface area contributed by atoms with E-state index in [1.165, 1.54) is 44.9 Å². The van der Waals surface area contributed by atoms with Crippen LogP contribution in [-0.4, -0.2) is 15.0 Å². The predicted octanol–water partition coefficient (Wildman–Crippen LogP) is 4.23. The van der Waals surface area contributed by atoms with Crippen molar-refractivity contribution in [3.05, 3.63) is 11.9 Å². The highest BCUT2D eigenvalue weighted by Crippen LogP contribution is 2.09. The molecule has 1 heterocycles. The molecule has 0 radical (unpaired) electrons. The molecule has 0 unspecified atom stereocenters. The van der Waals surface area contributed by atoms with E-state index in [2.05, 4.69) is 37.3 Å². The van der Waals surface area contributed by atoms with Gasteiger partial charge in [-0.15, -0.1) is 5.10 Å². The zero-order chi connectivity index (χ0) is 13.2. The van der Waals surface area contributed by atoms with Crippen molar-refractivity contribution in [2.24, 2.45) is 5.92 Å². The molecule has 1 rings (SSSR count). The highest BCUT2D eigenvalue weighted by Gasteiger charge is 2.02. The highest BCUT2D eigenvalue weighted by molar-refractivity contribution is 4.92. The Morgan fingerprint density at radius 3 is 2.39 bits per heavy atom. The first-order chi connectivity index (χ1) is 8.72. The summed E-state index contributed by atoms with van der Waals surface area (Å²) in [5.74, 6) is 0.637. The van der Waals surface area contributed by atoms with Gasteiger partial charge in [-0.25, -0.2) is 0 Å². The molecule has 0 saturated carbocycles. The molecule has 3 heteroatoms. The summed E-state index contributed by atoms with van der Waals surface area (Å²) in [6, 6.07) is 0. The molecule has 0 aromatic carbocycles. The molecule has 0 saturated heterocycles. The summed E-state index contributed by atoms with van der Waals surface area (Å²) in [6.07, 6.45) is 12.7. The lowest BCUT2D eigenvalue weighted by molar-refractivity contribution is 0.472. The summed E-state index contributed by atoms with van der Waals surface area (Å²) in [5, 5.41) is 8.39. The van der Waals surface area contributed by atoms with E-state index in [0.29, 0.717) is 5.92 Å². The standard InChI is InChI=1S/C15H29N3/c1-4-5-6-7-8-9-10-11-15-13-18(17-16-15)12-14(2)3/h13-14H,4-12H2,1-3H3. The van der Waals surface area contributed by atoms with Crippen LogP contribution in [0.25, 0.3) is 0 Å². The monoisotopic (exact) mass is 251 g/mol. The van der Waals surface area contributed by atoms with Crippen LogP contribution in [0.1, 0.15) is 71.4 Å². The molecule has 0 bridgehead atoms. The Balaban J connectivity index is 2.06. The lowest BCUT2D eigenvalue weighted by Crippen LogP contribution is -2.04. The molecule has 1 aromatic heterocycles. The topological polar surface area (TPSA) is 30.7 Å². The molecular formula is C15H29N3. The summed E-state index contributed by atoms with van der Waals surface area (Å²) in [4.78, 5) is 0. The average Bonchev–Trinajstić information content (AvgIpc) is 2.75. The Morgan fingerprint density at radius 1 is 1.06 bits per heavy atom. The number of hydrogen-bond acceptors (Lipinski definition) is 2. The van der Waals surface area contributed by atoms with Crippen LogP contribution in [0.5, 0.6) is 0 Å². The lowest BCUT2D eigenvalue weighted by atomic mass is 10.1. The summed E-state index contributed by atoms with van der Waals surface area (Å²) in [6.45, 7) is 7.65. The Morgan fingerprint density at radius 2 is 1.72 bits per heavy atom. The Hall–Kier alpha value is -0.860. The Bertz CT molecular complexity index is 304. The van der Waals surface area contributed by atoms with Crippen molar-refractivity contribution >= 4 is 0 Å². The summed E-state index contributed by atoms with van der Waals surface area (Å²) in [5.41, 5.74) is 1.16. The minimum atomic E-state index is 0.637. The second-order valence-electron chi connectivity index (χ2n) is 5.70. The van der Waals surface area contributed by atoms with Gasteiger partial charge in [-0.1, -0.05) is 64.5 Å². The number of aryl methyl sites for hydroxylation is 1. The van der Waals surface area contributed by atoms with Crippen LogP contribution in [0.3, 0.4) is 0 Å². The molecule has 104 valence electrons. The van der Waals surface area contributed by atoms with Crippen molar-refractivity contribution in [3.63, 3.8) is 0 Å². The van der Waals surface area contributed by atoms with Gasteiger partial charge in [0.25, 0.3) is 0 Å². The third kappa shape index (κ3) is 6.77. The molecule has 0 spiro atoms. The van der Waals surface area contributed by atoms with Gasteiger partial charge in [0.1, 0.15) is 0 Å². The Labute approximate surface area is 112 Å². The normalized spacial score (nSPS) is 11.3. The van der Waals surface area contributed by atoms with Crippen molar-refractivity contribution in [1.82, 2.24) is 15.0 Å². The third-order valence-corrected chi connectivity index (χ3v) is 3.17. The van der Waals surface area contributed by atoms with Crippen molar-refractivity contribution in [2.75, 3.05) is 0 Å². The molecule has 3 nitrogen and oxygen atoms in total. The van der Waals surface area contributed by atoms with E-state index in [4.69, 9.17) is 0 Å². The lowest BCUT2D eigenvalue weighted by Gasteiger charge is -2.02.